The molecule has 6 nitrogen and oxygen atoms in total. The van der Waals surface area contributed by atoms with Crippen LogP contribution in [0.3, 0.4) is 0 Å². The van der Waals surface area contributed by atoms with Gasteiger partial charge in [-0.25, -0.2) is 13.2 Å². The van der Waals surface area contributed by atoms with Crippen molar-refractivity contribution in [1.82, 2.24) is 4.47 Å². The van der Waals surface area contributed by atoms with Gasteiger partial charge in [0.2, 0.25) is 0 Å². The third kappa shape index (κ3) is 4.06. The van der Waals surface area contributed by atoms with Crippen LogP contribution in [0.5, 0.6) is 5.75 Å². The van der Waals surface area contributed by atoms with E-state index in [1.54, 1.807) is 6.07 Å². The van der Waals surface area contributed by atoms with Crippen LogP contribution in [0.2, 0.25) is 10.0 Å². The molecule has 0 bridgehead atoms. The van der Waals surface area contributed by atoms with E-state index in [0.29, 0.717) is 9.49 Å². The zero-order valence-electron chi connectivity index (χ0n) is 12.7. The van der Waals surface area contributed by atoms with Gasteiger partial charge in [-0.2, -0.15) is 0 Å². The van der Waals surface area contributed by atoms with Gasteiger partial charge in [-0.1, -0.05) is 33.7 Å². The number of carbonyl (C=O) groups excluding carboxylic acids is 1. The van der Waals surface area contributed by atoms with Crippen LogP contribution in [0, 0.1) is 0 Å². The highest BCUT2D eigenvalue weighted by atomic mass is 35.5. The third-order valence-corrected chi connectivity index (χ3v) is 5.28. The van der Waals surface area contributed by atoms with Crippen LogP contribution < -0.4 is 4.74 Å². The largest absolute Gasteiger partial charge is 0.421 e. The maximum absolute atomic E-state index is 12.2. The standard InChI is InChI=1S/C15H13Cl2NO5S/c1-18(22-2)24(20,21)12-5-3-4-10(8-12)15(19)23-14-9-11(16)6-7-13(14)17/h3-9H,1-2H3. The SMILES string of the molecule is CON(C)S(=O)(=O)c1cccc(C(=O)Oc2cc(Cl)ccc2Cl)c1. The molecular formula is C15H13Cl2NO5S. The first-order chi connectivity index (χ1) is 11.3. The number of nitrogens with zero attached hydrogens (tertiary/aromatic N) is 1. The van der Waals surface area contributed by atoms with E-state index in [4.69, 9.17) is 32.8 Å². The van der Waals surface area contributed by atoms with Crippen molar-refractivity contribution < 1.29 is 22.8 Å². The molecule has 9 heteroatoms. The first-order valence-corrected chi connectivity index (χ1v) is 8.75. The Kier molecular flexibility index (Phi) is 5.84. The first kappa shape index (κ1) is 18.7. The van der Waals surface area contributed by atoms with E-state index in [-0.39, 0.29) is 21.2 Å². The van der Waals surface area contributed by atoms with Crippen molar-refractivity contribution in [2.24, 2.45) is 0 Å². The molecule has 0 saturated carbocycles. The smallest absolute Gasteiger partial charge is 0.343 e. The third-order valence-electron chi connectivity index (χ3n) is 3.06. The Morgan fingerprint density at radius 3 is 2.50 bits per heavy atom. The van der Waals surface area contributed by atoms with Crippen molar-refractivity contribution in [2.75, 3.05) is 14.2 Å². The molecule has 0 heterocycles. The Morgan fingerprint density at radius 1 is 1.12 bits per heavy atom. The van der Waals surface area contributed by atoms with Gasteiger partial charge < -0.3 is 4.74 Å². The number of esters is 1. The fourth-order valence-electron chi connectivity index (χ4n) is 1.74. The van der Waals surface area contributed by atoms with Crippen LogP contribution >= 0.6 is 23.2 Å². The summed E-state index contributed by atoms with van der Waals surface area (Å²) < 4.78 is 30.3. The molecule has 0 amide bonds. The summed E-state index contributed by atoms with van der Waals surface area (Å²) in [7, 11) is -1.42. The Bertz CT molecular complexity index is 870. The fraction of sp³-hybridized carbons (Fsp3) is 0.133. The average molecular weight is 390 g/mol. The fourth-order valence-corrected chi connectivity index (χ4v) is 3.08. The summed E-state index contributed by atoms with van der Waals surface area (Å²) in [5, 5.41) is 0.552. The highest BCUT2D eigenvalue weighted by molar-refractivity contribution is 7.89. The van der Waals surface area contributed by atoms with Gasteiger partial charge in [-0.05, 0) is 30.3 Å². The van der Waals surface area contributed by atoms with E-state index in [2.05, 4.69) is 0 Å². The molecule has 2 aromatic rings. The number of ether oxygens (including phenoxy) is 1. The normalized spacial score (nSPS) is 11.5. The molecule has 128 valence electrons. The second-order valence-corrected chi connectivity index (χ2v) is 7.37. The average Bonchev–Trinajstić information content (AvgIpc) is 2.57. The second kappa shape index (κ2) is 7.50. The van der Waals surface area contributed by atoms with Gasteiger partial charge in [0.15, 0.2) is 5.75 Å². The maximum atomic E-state index is 12.2. The van der Waals surface area contributed by atoms with Crippen molar-refractivity contribution in [3.05, 3.63) is 58.1 Å². The Balaban J connectivity index is 2.31. The minimum atomic E-state index is -3.88. The van der Waals surface area contributed by atoms with Crippen LogP contribution in [0.25, 0.3) is 0 Å². The lowest BCUT2D eigenvalue weighted by Gasteiger charge is -2.14. The number of hydrogen-bond acceptors (Lipinski definition) is 5. The first-order valence-electron chi connectivity index (χ1n) is 6.56. The second-order valence-electron chi connectivity index (χ2n) is 4.59. The van der Waals surface area contributed by atoms with Gasteiger partial charge in [0.25, 0.3) is 10.0 Å². The van der Waals surface area contributed by atoms with E-state index in [1.165, 1.54) is 50.6 Å². The highest BCUT2D eigenvalue weighted by Gasteiger charge is 2.22. The van der Waals surface area contributed by atoms with Crippen LogP contribution in [0.1, 0.15) is 10.4 Å². The van der Waals surface area contributed by atoms with Gasteiger partial charge in [0, 0.05) is 18.1 Å². The van der Waals surface area contributed by atoms with Gasteiger partial charge in [0.05, 0.1) is 22.6 Å². The minimum absolute atomic E-state index is 0.0385. The molecule has 0 aromatic heterocycles. The van der Waals surface area contributed by atoms with E-state index in [0.717, 1.165) is 0 Å². The monoisotopic (exact) mass is 389 g/mol. The van der Waals surface area contributed by atoms with Crippen molar-refractivity contribution in [1.29, 1.82) is 0 Å². The summed E-state index contributed by atoms with van der Waals surface area (Å²) in [6.07, 6.45) is 0. The summed E-state index contributed by atoms with van der Waals surface area (Å²) >= 11 is 11.8. The summed E-state index contributed by atoms with van der Waals surface area (Å²) in [6.45, 7) is 0. The highest BCUT2D eigenvalue weighted by Crippen LogP contribution is 2.28. The van der Waals surface area contributed by atoms with Crippen LogP contribution in [0.15, 0.2) is 47.4 Å². The van der Waals surface area contributed by atoms with Gasteiger partial charge in [-0.3, -0.25) is 4.84 Å². The number of hydroxylamine groups is 1. The van der Waals surface area contributed by atoms with Crippen molar-refractivity contribution in [3.63, 3.8) is 0 Å². The Morgan fingerprint density at radius 2 is 1.83 bits per heavy atom. The lowest BCUT2D eigenvalue weighted by atomic mass is 10.2. The molecule has 2 aromatic carbocycles. The van der Waals surface area contributed by atoms with E-state index < -0.39 is 16.0 Å². The quantitative estimate of drug-likeness (QED) is 0.445. The number of rotatable bonds is 5. The topological polar surface area (TPSA) is 72.9 Å². The zero-order valence-corrected chi connectivity index (χ0v) is 15.0. The molecule has 2 rings (SSSR count). The molecule has 0 radical (unpaired) electrons. The van der Waals surface area contributed by atoms with Gasteiger partial charge >= 0.3 is 5.97 Å². The van der Waals surface area contributed by atoms with Crippen LogP contribution in [-0.4, -0.2) is 33.0 Å². The van der Waals surface area contributed by atoms with E-state index >= 15 is 0 Å². The number of halogens is 2. The predicted molar refractivity (Wildman–Crippen MR) is 89.8 cm³/mol. The molecule has 0 atom stereocenters. The molecule has 0 aliphatic heterocycles. The summed E-state index contributed by atoms with van der Waals surface area (Å²) in [5.41, 5.74) is 0.0385. The van der Waals surface area contributed by atoms with Crippen LogP contribution in [-0.2, 0) is 14.9 Å². The molecule has 24 heavy (non-hydrogen) atoms. The molecule has 0 aliphatic rings. The number of hydrogen-bond donors (Lipinski definition) is 0. The molecule has 0 spiro atoms. The maximum Gasteiger partial charge on any atom is 0.343 e. The minimum Gasteiger partial charge on any atom is -0.421 e. The van der Waals surface area contributed by atoms with Crippen molar-refractivity contribution in [2.45, 2.75) is 4.90 Å². The predicted octanol–water partition coefficient (Wildman–Crippen LogP) is 3.39. The lowest BCUT2D eigenvalue weighted by Crippen LogP contribution is -2.26. The summed E-state index contributed by atoms with van der Waals surface area (Å²) in [5.74, 6) is -0.687. The van der Waals surface area contributed by atoms with Crippen LogP contribution in [0.4, 0.5) is 0 Å². The van der Waals surface area contributed by atoms with Gasteiger partial charge in [0.1, 0.15) is 0 Å². The number of sulfonamides is 1. The van der Waals surface area contributed by atoms with E-state index in [9.17, 15) is 13.2 Å². The Labute approximate surface area is 149 Å². The van der Waals surface area contributed by atoms with E-state index in [1.807, 2.05) is 0 Å². The molecule has 0 N–H and O–H groups in total. The zero-order chi connectivity index (χ0) is 17.9. The molecular weight excluding hydrogens is 377 g/mol. The number of carbonyl (C=O) groups is 1. The number of benzene rings is 2. The molecule has 0 saturated heterocycles. The Hall–Kier alpha value is -1.64. The molecule has 0 aliphatic carbocycles. The van der Waals surface area contributed by atoms with Crippen molar-refractivity contribution in [3.8, 4) is 5.75 Å². The summed E-state index contributed by atoms with van der Waals surface area (Å²) in [4.78, 5) is 16.8. The van der Waals surface area contributed by atoms with Crippen molar-refractivity contribution >= 4 is 39.2 Å². The molecule has 0 unspecified atom stereocenters. The van der Waals surface area contributed by atoms with Gasteiger partial charge in [-0.15, -0.1) is 0 Å². The molecule has 0 fully saturated rings. The summed E-state index contributed by atoms with van der Waals surface area (Å²) in [6, 6.07) is 9.80. The lowest BCUT2D eigenvalue weighted by molar-refractivity contribution is -0.0258.